The Balaban J connectivity index is 1.75. The summed E-state index contributed by atoms with van der Waals surface area (Å²) in [6.07, 6.45) is 4.11. The first kappa shape index (κ1) is 15.0. The molecule has 0 fully saturated rings. The Labute approximate surface area is 127 Å². The van der Waals surface area contributed by atoms with Gasteiger partial charge < -0.3 is 4.42 Å². The summed E-state index contributed by atoms with van der Waals surface area (Å²) >= 11 is 0. The van der Waals surface area contributed by atoms with Gasteiger partial charge in [0.1, 0.15) is 0 Å². The van der Waals surface area contributed by atoms with Gasteiger partial charge in [0.25, 0.3) is 0 Å². The molecule has 0 aliphatic carbocycles. The van der Waals surface area contributed by atoms with E-state index in [-0.39, 0.29) is 10.5 Å². The number of fused-ring (bicyclic) bond motifs is 1. The van der Waals surface area contributed by atoms with Gasteiger partial charge in [0.05, 0.1) is 10.4 Å². The summed E-state index contributed by atoms with van der Waals surface area (Å²) in [4.78, 5) is 13.7. The molecule has 0 amide bonds. The lowest BCUT2D eigenvalue weighted by molar-refractivity contribution is 0.357. The van der Waals surface area contributed by atoms with Crippen LogP contribution >= 0.6 is 0 Å². The second kappa shape index (κ2) is 5.71. The maximum absolute atomic E-state index is 12.3. The summed E-state index contributed by atoms with van der Waals surface area (Å²) in [6, 6.07) is 4.41. The molecule has 0 saturated heterocycles. The van der Waals surface area contributed by atoms with Crippen molar-refractivity contribution in [3.05, 3.63) is 40.9 Å². The minimum absolute atomic E-state index is 0.0916. The zero-order chi connectivity index (χ0) is 15.7. The van der Waals surface area contributed by atoms with Crippen molar-refractivity contribution >= 4 is 21.1 Å². The van der Waals surface area contributed by atoms with E-state index in [0.29, 0.717) is 18.6 Å². The Morgan fingerprint density at radius 2 is 2.00 bits per heavy atom. The lowest BCUT2D eigenvalue weighted by Crippen LogP contribution is -2.33. The van der Waals surface area contributed by atoms with Gasteiger partial charge >= 0.3 is 5.76 Å². The van der Waals surface area contributed by atoms with Crippen LogP contribution in [0.5, 0.6) is 0 Å². The third-order valence-electron chi connectivity index (χ3n) is 3.69. The highest BCUT2D eigenvalue weighted by Crippen LogP contribution is 2.17. The van der Waals surface area contributed by atoms with Crippen LogP contribution in [0.15, 0.2) is 44.5 Å². The molecule has 3 rings (SSSR count). The van der Waals surface area contributed by atoms with E-state index in [1.807, 2.05) is 0 Å². The first-order valence-electron chi connectivity index (χ1n) is 6.94. The fourth-order valence-corrected chi connectivity index (χ4v) is 3.44. The van der Waals surface area contributed by atoms with Crippen LogP contribution in [0.1, 0.15) is 0 Å². The average Bonchev–Trinajstić information content (AvgIpc) is 3.08. The van der Waals surface area contributed by atoms with Crippen LogP contribution in [0, 0.1) is 0 Å². The number of benzene rings is 1. The first-order valence-corrected chi connectivity index (χ1v) is 8.42. The molecule has 7 nitrogen and oxygen atoms in total. The van der Waals surface area contributed by atoms with Crippen molar-refractivity contribution in [3.8, 4) is 0 Å². The molecule has 1 aromatic carbocycles. The van der Waals surface area contributed by atoms with Gasteiger partial charge in [0, 0.05) is 39.3 Å². The van der Waals surface area contributed by atoms with Gasteiger partial charge in [-0.2, -0.15) is 0 Å². The van der Waals surface area contributed by atoms with Crippen molar-refractivity contribution < 1.29 is 12.8 Å². The normalized spacial score (nSPS) is 15.9. The number of oxazole rings is 1. The molecular weight excluding hydrogens is 306 g/mol. The van der Waals surface area contributed by atoms with Gasteiger partial charge in [-0.25, -0.2) is 17.9 Å². The van der Waals surface area contributed by atoms with Crippen molar-refractivity contribution in [3.63, 3.8) is 0 Å². The highest BCUT2D eigenvalue weighted by Gasteiger charge is 2.17. The molecule has 0 atom stereocenters. The molecule has 22 heavy (non-hydrogen) atoms. The smallest absolute Gasteiger partial charge is 0.408 e. The van der Waals surface area contributed by atoms with Crippen LogP contribution in [-0.4, -0.2) is 44.1 Å². The first-order chi connectivity index (χ1) is 10.5. The van der Waals surface area contributed by atoms with E-state index in [0.717, 1.165) is 13.1 Å². The molecule has 1 aliphatic rings. The van der Waals surface area contributed by atoms with Crippen molar-refractivity contribution in [1.82, 2.24) is 14.2 Å². The second-order valence-electron chi connectivity index (χ2n) is 5.19. The third-order valence-corrected chi connectivity index (χ3v) is 5.15. The van der Waals surface area contributed by atoms with Crippen molar-refractivity contribution in [2.75, 3.05) is 26.2 Å². The fraction of sp³-hybridized carbons (Fsp3) is 0.357. The van der Waals surface area contributed by atoms with E-state index in [2.05, 4.69) is 21.8 Å². The second-order valence-corrected chi connectivity index (χ2v) is 6.95. The Morgan fingerprint density at radius 1 is 1.27 bits per heavy atom. The average molecular weight is 323 g/mol. The highest BCUT2D eigenvalue weighted by atomic mass is 32.2. The van der Waals surface area contributed by atoms with Gasteiger partial charge in [-0.1, -0.05) is 12.2 Å². The number of sulfonamides is 1. The molecule has 1 aromatic heterocycles. The van der Waals surface area contributed by atoms with Crippen LogP contribution in [0.3, 0.4) is 0 Å². The summed E-state index contributed by atoms with van der Waals surface area (Å²) in [5, 5.41) is 0. The number of nitrogens with one attached hydrogen (secondary N) is 1. The monoisotopic (exact) mass is 323 g/mol. The van der Waals surface area contributed by atoms with E-state index < -0.39 is 15.8 Å². The van der Waals surface area contributed by atoms with Gasteiger partial charge in [-0.3, -0.25) is 9.47 Å². The molecule has 0 unspecified atom stereocenters. The molecule has 1 N–H and O–H groups in total. The SMILES string of the molecule is Cn1c(=O)oc2cc(S(=O)(=O)NCCN3CC=CC3)ccc21. The minimum Gasteiger partial charge on any atom is -0.408 e. The van der Waals surface area contributed by atoms with Crippen LogP contribution in [0.4, 0.5) is 0 Å². The minimum atomic E-state index is -3.62. The maximum Gasteiger partial charge on any atom is 0.419 e. The number of hydrogen-bond donors (Lipinski definition) is 1. The molecular formula is C14H17N3O4S. The standard InChI is InChI=1S/C14H17N3O4S/c1-16-12-5-4-11(10-13(12)21-14(16)18)22(19,20)15-6-9-17-7-2-3-8-17/h2-5,10,15H,6-9H2,1H3. The van der Waals surface area contributed by atoms with Crippen LogP contribution in [0.25, 0.3) is 11.1 Å². The predicted molar refractivity (Wildman–Crippen MR) is 82.2 cm³/mol. The molecule has 118 valence electrons. The van der Waals surface area contributed by atoms with Gasteiger partial charge in [-0.15, -0.1) is 0 Å². The lowest BCUT2D eigenvalue weighted by atomic mass is 10.3. The molecule has 0 spiro atoms. The number of hydrogen-bond acceptors (Lipinski definition) is 5. The molecule has 0 radical (unpaired) electrons. The van der Waals surface area contributed by atoms with E-state index in [4.69, 9.17) is 4.42 Å². The zero-order valence-corrected chi connectivity index (χ0v) is 13.0. The van der Waals surface area contributed by atoms with Crippen LogP contribution < -0.4 is 10.5 Å². The Bertz CT molecular complexity index is 871. The van der Waals surface area contributed by atoms with E-state index in [1.54, 1.807) is 13.1 Å². The van der Waals surface area contributed by atoms with Crippen molar-refractivity contribution in [2.24, 2.45) is 7.05 Å². The summed E-state index contributed by atoms with van der Waals surface area (Å²) in [6.45, 7) is 2.68. The number of rotatable bonds is 5. The van der Waals surface area contributed by atoms with Gasteiger partial charge in [0.2, 0.25) is 10.0 Å². The summed E-state index contributed by atoms with van der Waals surface area (Å²) in [7, 11) is -2.04. The van der Waals surface area contributed by atoms with E-state index >= 15 is 0 Å². The van der Waals surface area contributed by atoms with Crippen LogP contribution in [0.2, 0.25) is 0 Å². The zero-order valence-electron chi connectivity index (χ0n) is 12.2. The number of aryl methyl sites for hydroxylation is 1. The van der Waals surface area contributed by atoms with E-state index in [9.17, 15) is 13.2 Å². The van der Waals surface area contributed by atoms with Crippen LogP contribution in [-0.2, 0) is 17.1 Å². The summed E-state index contributed by atoms with van der Waals surface area (Å²) in [5.41, 5.74) is 0.825. The topological polar surface area (TPSA) is 84.5 Å². The largest absolute Gasteiger partial charge is 0.419 e. The quantitative estimate of drug-likeness (QED) is 0.799. The molecule has 1 aliphatic heterocycles. The molecule has 2 heterocycles. The molecule has 0 bridgehead atoms. The molecule has 0 saturated carbocycles. The fourth-order valence-electron chi connectivity index (χ4n) is 2.41. The lowest BCUT2D eigenvalue weighted by Gasteiger charge is -2.14. The van der Waals surface area contributed by atoms with Crippen molar-refractivity contribution in [2.45, 2.75) is 4.90 Å². The maximum atomic E-state index is 12.3. The van der Waals surface area contributed by atoms with Gasteiger partial charge in [-0.05, 0) is 12.1 Å². The third kappa shape index (κ3) is 2.85. The Morgan fingerprint density at radius 3 is 2.73 bits per heavy atom. The Kier molecular flexibility index (Phi) is 3.90. The molecule has 2 aromatic rings. The Hall–Kier alpha value is -1.90. The summed E-state index contributed by atoms with van der Waals surface area (Å²) in [5.74, 6) is -0.515. The van der Waals surface area contributed by atoms with Gasteiger partial charge in [0.15, 0.2) is 5.58 Å². The number of nitrogens with zero attached hydrogens (tertiary/aromatic N) is 2. The summed E-state index contributed by atoms with van der Waals surface area (Å²) < 4.78 is 33.5. The predicted octanol–water partition coefficient (Wildman–Crippen LogP) is 0.282. The van der Waals surface area contributed by atoms with E-state index in [1.165, 1.54) is 16.7 Å². The molecule has 8 heteroatoms. The van der Waals surface area contributed by atoms with Crippen molar-refractivity contribution in [1.29, 1.82) is 0 Å². The number of aromatic nitrogens is 1. The highest BCUT2D eigenvalue weighted by molar-refractivity contribution is 7.89.